The molecule has 0 spiro atoms. The number of ether oxygens (including phenoxy) is 1. The Bertz CT molecular complexity index is 953. The maximum atomic E-state index is 12.9. The average molecular weight is 378 g/mol. The van der Waals surface area contributed by atoms with Crippen LogP contribution in [0.2, 0.25) is 0 Å². The highest BCUT2D eigenvalue weighted by Gasteiger charge is 2.26. The second-order valence-electron chi connectivity index (χ2n) is 6.85. The number of pyridine rings is 1. The molecule has 0 N–H and O–H groups in total. The van der Waals surface area contributed by atoms with Crippen LogP contribution in [0.4, 0.5) is 5.69 Å². The van der Waals surface area contributed by atoms with E-state index in [1.165, 1.54) is 0 Å². The molecule has 144 valence electrons. The summed E-state index contributed by atoms with van der Waals surface area (Å²) in [5.41, 5.74) is 3.39. The molecule has 0 atom stereocenters. The van der Waals surface area contributed by atoms with Gasteiger partial charge in [0.05, 0.1) is 25.0 Å². The van der Waals surface area contributed by atoms with Crippen LogP contribution in [-0.4, -0.2) is 51.4 Å². The standard InChI is InChI=1S/C20H22N6O2/c1-24(2)16-7-5-15(6-8-16)20(27)25-10-11-26-19(13-25)18(22-23-26)14-28-17-4-3-9-21-12-17/h3-9,12H,10-11,13-14H2,1-2H3. The van der Waals surface area contributed by atoms with Gasteiger partial charge in [-0.1, -0.05) is 5.21 Å². The van der Waals surface area contributed by atoms with E-state index in [1.807, 2.05) is 65.0 Å². The van der Waals surface area contributed by atoms with E-state index in [0.717, 1.165) is 17.1 Å². The molecule has 0 bridgehead atoms. The lowest BCUT2D eigenvalue weighted by atomic mass is 10.1. The van der Waals surface area contributed by atoms with Gasteiger partial charge in [0.2, 0.25) is 0 Å². The van der Waals surface area contributed by atoms with Crippen LogP contribution in [0.15, 0.2) is 48.8 Å². The second kappa shape index (κ2) is 7.67. The molecule has 0 saturated heterocycles. The summed E-state index contributed by atoms with van der Waals surface area (Å²) < 4.78 is 7.59. The first-order valence-corrected chi connectivity index (χ1v) is 9.12. The van der Waals surface area contributed by atoms with Crippen molar-refractivity contribution in [1.29, 1.82) is 0 Å². The molecule has 4 rings (SSSR count). The number of amides is 1. The molecule has 8 nitrogen and oxygen atoms in total. The smallest absolute Gasteiger partial charge is 0.254 e. The Morgan fingerprint density at radius 2 is 2.00 bits per heavy atom. The number of anilines is 1. The number of hydrogen-bond donors (Lipinski definition) is 0. The fourth-order valence-electron chi connectivity index (χ4n) is 3.15. The Morgan fingerprint density at radius 3 is 2.71 bits per heavy atom. The molecule has 3 aromatic rings. The van der Waals surface area contributed by atoms with E-state index in [2.05, 4.69) is 15.3 Å². The average Bonchev–Trinajstić information content (AvgIpc) is 3.15. The summed E-state index contributed by atoms with van der Waals surface area (Å²) in [5, 5.41) is 8.43. The van der Waals surface area contributed by atoms with E-state index in [-0.39, 0.29) is 5.91 Å². The van der Waals surface area contributed by atoms with Crippen LogP contribution in [0, 0.1) is 0 Å². The van der Waals surface area contributed by atoms with Crippen LogP contribution in [0.3, 0.4) is 0 Å². The van der Waals surface area contributed by atoms with Crippen LogP contribution in [0.1, 0.15) is 21.7 Å². The maximum Gasteiger partial charge on any atom is 0.254 e. The molecule has 1 aromatic carbocycles. The molecule has 1 aliphatic heterocycles. The SMILES string of the molecule is CN(C)c1ccc(C(=O)N2CCn3nnc(COc4cccnc4)c3C2)cc1. The van der Waals surface area contributed by atoms with E-state index >= 15 is 0 Å². The Hall–Kier alpha value is -3.42. The lowest BCUT2D eigenvalue weighted by Crippen LogP contribution is -2.38. The van der Waals surface area contributed by atoms with Crippen LogP contribution >= 0.6 is 0 Å². The van der Waals surface area contributed by atoms with Crippen molar-refractivity contribution in [1.82, 2.24) is 24.9 Å². The molecule has 0 radical (unpaired) electrons. The van der Waals surface area contributed by atoms with Crippen molar-refractivity contribution < 1.29 is 9.53 Å². The molecule has 2 aromatic heterocycles. The maximum absolute atomic E-state index is 12.9. The van der Waals surface area contributed by atoms with Gasteiger partial charge in [0.15, 0.2) is 0 Å². The van der Waals surface area contributed by atoms with Crippen molar-refractivity contribution in [3.8, 4) is 5.75 Å². The largest absolute Gasteiger partial charge is 0.486 e. The number of benzene rings is 1. The predicted octanol–water partition coefficient (Wildman–Crippen LogP) is 1.97. The summed E-state index contributed by atoms with van der Waals surface area (Å²) in [6.07, 6.45) is 3.35. The molecule has 1 aliphatic rings. The van der Waals surface area contributed by atoms with E-state index in [1.54, 1.807) is 12.4 Å². The molecular weight excluding hydrogens is 356 g/mol. The fourth-order valence-corrected chi connectivity index (χ4v) is 3.15. The molecule has 0 fully saturated rings. The zero-order valence-corrected chi connectivity index (χ0v) is 15.9. The van der Waals surface area contributed by atoms with Gasteiger partial charge in [-0.2, -0.15) is 0 Å². The van der Waals surface area contributed by atoms with Crippen LogP contribution in [0.5, 0.6) is 5.75 Å². The van der Waals surface area contributed by atoms with E-state index in [0.29, 0.717) is 37.6 Å². The number of nitrogens with zero attached hydrogens (tertiary/aromatic N) is 6. The van der Waals surface area contributed by atoms with Crippen molar-refractivity contribution in [3.05, 3.63) is 65.7 Å². The first-order chi connectivity index (χ1) is 13.6. The van der Waals surface area contributed by atoms with Gasteiger partial charge < -0.3 is 14.5 Å². The number of carbonyl (C=O) groups excluding carboxylic acids is 1. The highest BCUT2D eigenvalue weighted by atomic mass is 16.5. The van der Waals surface area contributed by atoms with Gasteiger partial charge in [-0.3, -0.25) is 9.78 Å². The molecule has 28 heavy (non-hydrogen) atoms. The number of fused-ring (bicyclic) bond motifs is 1. The molecule has 0 unspecified atom stereocenters. The molecule has 0 aliphatic carbocycles. The summed E-state index contributed by atoms with van der Waals surface area (Å²) in [4.78, 5) is 20.8. The van der Waals surface area contributed by atoms with Gasteiger partial charge in [0, 0.05) is 38.1 Å². The van der Waals surface area contributed by atoms with Gasteiger partial charge in [-0.25, -0.2) is 4.68 Å². The minimum absolute atomic E-state index is 0.0110. The van der Waals surface area contributed by atoms with Gasteiger partial charge in [-0.15, -0.1) is 5.10 Å². The Morgan fingerprint density at radius 1 is 1.18 bits per heavy atom. The minimum Gasteiger partial charge on any atom is -0.486 e. The normalized spacial score (nSPS) is 13.1. The molecule has 1 amide bonds. The molecule has 0 saturated carbocycles. The Kier molecular flexibility index (Phi) is 4.92. The molecule has 3 heterocycles. The highest BCUT2D eigenvalue weighted by molar-refractivity contribution is 5.94. The highest BCUT2D eigenvalue weighted by Crippen LogP contribution is 2.20. The van der Waals surface area contributed by atoms with Gasteiger partial charge in [-0.05, 0) is 36.4 Å². The van der Waals surface area contributed by atoms with Crippen LogP contribution in [0.25, 0.3) is 0 Å². The van der Waals surface area contributed by atoms with Gasteiger partial charge in [0.1, 0.15) is 18.1 Å². The van der Waals surface area contributed by atoms with E-state index < -0.39 is 0 Å². The minimum atomic E-state index is 0.0110. The number of carbonyl (C=O) groups is 1. The summed E-state index contributed by atoms with van der Waals surface area (Å²) in [5.74, 6) is 0.686. The van der Waals surface area contributed by atoms with Crippen molar-refractivity contribution >= 4 is 11.6 Å². The van der Waals surface area contributed by atoms with E-state index in [4.69, 9.17) is 4.74 Å². The summed E-state index contributed by atoms with van der Waals surface area (Å²) in [6.45, 7) is 1.98. The number of hydrogen-bond acceptors (Lipinski definition) is 6. The van der Waals surface area contributed by atoms with Crippen LogP contribution in [-0.2, 0) is 19.7 Å². The Balaban J connectivity index is 1.46. The third kappa shape index (κ3) is 3.66. The third-order valence-electron chi connectivity index (χ3n) is 4.77. The van der Waals surface area contributed by atoms with Gasteiger partial charge >= 0.3 is 0 Å². The fraction of sp³-hybridized carbons (Fsp3) is 0.300. The number of rotatable bonds is 5. The van der Waals surface area contributed by atoms with Crippen molar-refractivity contribution in [2.45, 2.75) is 19.7 Å². The van der Waals surface area contributed by atoms with Crippen LogP contribution < -0.4 is 9.64 Å². The lowest BCUT2D eigenvalue weighted by Gasteiger charge is -2.28. The number of aromatic nitrogens is 4. The lowest BCUT2D eigenvalue weighted by molar-refractivity contribution is 0.0704. The monoisotopic (exact) mass is 378 g/mol. The van der Waals surface area contributed by atoms with Crippen molar-refractivity contribution in [3.63, 3.8) is 0 Å². The first-order valence-electron chi connectivity index (χ1n) is 9.12. The zero-order chi connectivity index (χ0) is 19.5. The summed E-state index contributed by atoms with van der Waals surface area (Å²) >= 11 is 0. The molecular formula is C20H22N6O2. The van der Waals surface area contributed by atoms with E-state index in [9.17, 15) is 4.79 Å². The molecule has 8 heteroatoms. The van der Waals surface area contributed by atoms with Crippen molar-refractivity contribution in [2.24, 2.45) is 0 Å². The summed E-state index contributed by atoms with van der Waals surface area (Å²) in [7, 11) is 3.95. The van der Waals surface area contributed by atoms with Gasteiger partial charge in [0.25, 0.3) is 5.91 Å². The summed E-state index contributed by atoms with van der Waals surface area (Å²) in [6, 6.07) is 11.3. The third-order valence-corrected chi connectivity index (χ3v) is 4.77. The zero-order valence-electron chi connectivity index (χ0n) is 15.9. The topological polar surface area (TPSA) is 76.4 Å². The van der Waals surface area contributed by atoms with Crippen molar-refractivity contribution in [2.75, 3.05) is 25.5 Å². The first kappa shape index (κ1) is 18.0. The predicted molar refractivity (Wildman–Crippen MR) is 104 cm³/mol. The quantitative estimate of drug-likeness (QED) is 0.676. The second-order valence-corrected chi connectivity index (χ2v) is 6.85. The Labute approximate surface area is 163 Å².